The number of carbonyl (C=O) groups is 2. The molecule has 0 bridgehead atoms. The number of hydrogen-bond acceptors (Lipinski definition) is 4. The first-order chi connectivity index (χ1) is 13.8. The fourth-order valence-corrected chi connectivity index (χ4v) is 4.92. The number of ether oxygens (including phenoxy) is 1. The van der Waals surface area contributed by atoms with Crippen LogP contribution in [0.4, 0.5) is 4.39 Å². The van der Waals surface area contributed by atoms with Crippen molar-refractivity contribution in [2.75, 3.05) is 27.2 Å². The zero-order valence-electron chi connectivity index (χ0n) is 16.9. The van der Waals surface area contributed by atoms with Crippen LogP contribution in [0.3, 0.4) is 0 Å². The Labute approximate surface area is 175 Å². The van der Waals surface area contributed by atoms with E-state index < -0.39 is 11.9 Å². The van der Waals surface area contributed by atoms with Crippen molar-refractivity contribution in [3.63, 3.8) is 0 Å². The summed E-state index contributed by atoms with van der Waals surface area (Å²) in [7, 11) is 3.84. The number of rotatable bonds is 4. The van der Waals surface area contributed by atoms with E-state index in [1.54, 1.807) is 17.0 Å². The van der Waals surface area contributed by atoms with Crippen molar-refractivity contribution in [1.82, 2.24) is 9.80 Å². The van der Waals surface area contributed by atoms with E-state index in [-0.39, 0.29) is 40.8 Å². The largest absolute Gasteiger partial charge is 0.483 e. The molecule has 1 saturated carbocycles. The summed E-state index contributed by atoms with van der Waals surface area (Å²) in [6.07, 6.45) is 0.860. The molecule has 5 atom stereocenters. The van der Waals surface area contributed by atoms with Crippen molar-refractivity contribution >= 4 is 23.3 Å². The maximum Gasteiger partial charge on any atom is 0.290 e. The Bertz CT molecular complexity index is 871. The Balaban J connectivity index is 1.75. The minimum atomic E-state index is -0.630. The summed E-state index contributed by atoms with van der Waals surface area (Å²) in [5.74, 6) is -0.763. The normalized spacial score (nSPS) is 31.8. The lowest BCUT2D eigenvalue weighted by molar-refractivity contribution is -0.136. The molecule has 0 saturated heterocycles. The predicted molar refractivity (Wildman–Crippen MR) is 108 cm³/mol. The summed E-state index contributed by atoms with van der Waals surface area (Å²) in [6, 6.07) is 5.48. The Hall–Kier alpha value is -1.92. The molecule has 5 nitrogen and oxygen atoms in total. The van der Waals surface area contributed by atoms with Crippen LogP contribution in [0.1, 0.15) is 31.4 Å². The molecule has 1 aromatic carbocycles. The summed E-state index contributed by atoms with van der Waals surface area (Å²) in [6.45, 7) is 3.08. The number of hydrogen-bond donors (Lipinski definition) is 0. The Kier molecular flexibility index (Phi) is 5.42. The number of alkyl halides is 1. The lowest BCUT2D eigenvalue weighted by atomic mass is 9.74. The minimum absolute atomic E-state index is 0.0798. The van der Waals surface area contributed by atoms with E-state index in [0.717, 1.165) is 0 Å². The molecule has 2 heterocycles. The highest BCUT2D eigenvalue weighted by molar-refractivity contribution is 6.21. The number of Topliss-reactive ketones (excluding diaryl/α,β-unsaturated/α-hetero) is 1. The second-order valence-electron chi connectivity index (χ2n) is 8.59. The zero-order chi connectivity index (χ0) is 20.9. The van der Waals surface area contributed by atoms with Gasteiger partial charge in [-0.1, -0.05) is 19.1 Å². The molecule has 0 radical (unpaired) electrons. The quantitative estimate of drug-likeness (QED) is 0.702. The molecule has 0 spiro atoms. The SMILES string of the molecule is CC1CC2OC3=C(C(=O)C2CC1Cl)C(c1cccc(F)c1)N(CCN(C)C)C3=O. The molecule has 5 unspecified atom stereocenters. The van der Waals surface area contributed by atoms with Gasteiger partial charge < -0.3 is 14.5 Å². The molecule has 0 aromatic heterocycles. The van der Waals surface area contributed by atoms with E-state index in [9.17, 15) is 14.0 Å². The number of carbonyl (C=O) groups excluding carboxylic acids is 2. The number of nitrogens with zero attached hydrogens (tertiary/aromatic N) is 2. The third-order valence-electron chi connectivity index (χ3n) is 6.26. The summed E-state index contributed by atoms with van der Waals surface area (Å²) in [4.78, 5) is 30.4. The van der Waals surface area contributed by atoms with Crippen LogP contribution in [0.5, 0.6) is 0 Å². The monoisotopic (exact) mass is 420 g/mol. The van der Waals surface area contributed by atoms with Gasteiger partial charge in [0, 0.05) is 18.5 Å². The van der Waals surface area contributed by atoms with Gasteiger partial charge >= 0.3 is 0 Å². The second-order valence-corrected chi connectivity index (χ2v) is 9.15. The van der Waals surface area contributed by atoms with E-state index in [0.29, 0.717) is 37.1 Å². The van der Waals surface area contributed by atoms with Crippen LogP contribution in [-0.4, -0.2) is 60.2 Å². The van der Waals surface area contributed by atoms with Crippen molar-refractivity contribution in [1.29, 1.82) is 0 Å². The predicted octanol–water partition coefficient (Wildman–Crippen LogP) is 3.15. The van der Waals surface area contributed by atoms with Crippen molar-refractivity contribution in [2.45, 2.75) is 37.3 Å². The molecule has 3 aliphatic rings. The van der Waals surface area contributed by atoms with Gasteiger partial charge in [0.1, 0.15) is 11.9 Å². The number of benzene rings is 1. The average molecular weight is 421 g/mol. The van der Waals surface area contributed by atoms with Crippen LogP contribution >= 0.6 is 11.6 Å². The van der Waals surface area contributed by atoms with Crippen molar-refractivity contribution < 1.29 is 18.7 Å². The summed E-state index contributed by atoms with van der Waals surface area (Å²) in [5, 5.41) is -0.0967. The van der Waals surface area contributed by atoms with Gasteiger partial charge in [0.2, 0.25) is 0 Å². The maximum absolute atomic E-state index is 14.0. The fraction of sp³-hybridized carbons (Fsp3) is 0.545. The number of ketones is 1. The first-order valence-electron chi connectivity index (χ1n) is 10.1. The number of halogens is 2. The van der Waals surface area contributed by atoms with Gasteiger partial charge in [-0.3, -0.25) is 9.59 Å². The first-order valence-corrected chi connectivity index (χ1v) is 10.5. The van der Waals surface area contributed by atoms with Crippen molar-refractivity contribution in [3.8, 4) is 0 Å². The molecule has 7 heteroatoms. The van der Waals surface area contributed by atoms with Crippen LogP contribution in [0.2, 0.25) is 0 Å². The van der Waals surface area contributed by atoms with Gasteiger partial charge in [0.05, 0.1) is 17.5 Å². The maximum atomic E-state index is 14.0. The van der Waals surface area contributed by atoms with E-state index >= 15 is 0 Å². The standard InChI is InChI=1S/C22H26ClFN2O3/c1-12-9-17-15(11-16(12)23)20(27)18-19(13-5-4-6-14(24)10-13)26(8-7-25(2)3)22(28)21(18)29-17/h4-6,10,12,15-17,19H,7-9,11H2,1-3H3. The van der Waals surface area contributed by atoms with Crippen LogP contribution in [0.15, 0.2) is 35.6 Å². The number of amides is 1. The third kappa shape index (κ3) is 3.57. The molecular weight excluding hydrogens is 395 g/mol. The lowest BCUT2D eigenvalue weighted by Crippen LogP contribution is -2.44. The molecule has 29 heavy (non-hydrogen) atoms. The average Bonchev–Trinajstić information content (AvgIpc) is 2.94. The Morgan fingerprint density at radius 1 is 1.28 bits per heavy atom. The van der Waals surface area contributed by atoms with Crippen molar-refractivity contribution in [2.24, 2.45) is 11.8 Å². The Morgan fingerprint density at radius 3 is 2.72 bits per heavy atom. The molecule has 0 N–H and O–H groups in total. The number of likely N-dealkylation sites (N-methyl/N-ethyl adjacent to an activating group) is 1. The zero-order valence-corrected chi connectivity index (χ0v) is 17.7. The second kappa shape index (κ2) is 7.73. The third-order valence-corrected chi connectivity index (χ3v) is 6.87. The van der Waals surface area contributed by atoms with Gasteiger partial charge in [-0.2, -0.15) is 0 Å². The highest BCUT2D eigenvalue weighted by Crippen LogP contribution is 2.48. The minimum Gasteiger partial charge on any atom is -0.483 e. The van der Waals surface area contributed by atoms with Crippen molar-refractivity contribution in [3.05, 3.63) is 47.0 Å². The van der Waals surface area contributed by atoms with Gasteiger partial charge in [0.25, 0.3) is 5.91 Å². The van der Waals surface area contributed by atoms with Crippen LogP contribution in [-0.2, 0) is 14.3 Å². The molecule has 2 aliphatic heterocycles. The molecule has 1 aliphatic carbocycles. The topological polar surface area (TPSA) is 49.9 Å². The lowest BCUT2D eigenvalue weighted by Gasteiger charge is -2.40. The van der Waals surface area contributed by atoms with Crippen LogP contribution in [0, 0.1) is 17.7 Å². The van der Waals surface area contributed by atoms with E-state index in [1.165, 1.54) is 12.1 Å². The van der Waals surface area contributed by atoms with E-state index in [1.807, 2.05) is 25.9 Å². The summed E-state index contributed by atoms with van der Waals surface area (Å²) < 4.78 is 20.1. The van der Waals surface area contributed by atoms with Crippen LogP contribution < -0.4 is 0 Å². The van der Waals surface area contributed by atoms with Gasteiger partial charge in [-0.15, -0.1) is 11.6 Å². The van der Waals surface area contributed by atoms with E-state index in [4.69, 9.17) is 16.3 Å². The highest BCUT2D eigenvalue weighted by atomic mass is 35.5. The highest BCUT2D eigenvalue weighted by Gasteiger charge is 2.53. The Morgan fingerprint density at radius 2 is 2.03 bits per heavy atom. The molecule has 1 aromatic rings. The first kappa shape index (κ1) is 20.4. The fourth-order valence-electron chi connectivity index (χ4n) is 4.63. The van der Waals surface area contributed by atoms with Gasteiger partial charge in [0.15, 0.2) is 11.5 Å². The number of fused-ring (bicyclic) bond motifs is 1. The van der Waals surface area contributed by atoms with E-state index in [2.05, 4.69) is 0 Å². The molecule has 156 valence electrons. The molecular formula is C22H26ClFN2O3. The van der Waals surface area contributed by atoms with Gasteiger partial charge in [-0.25, -0.2) is 4.39 Å². The van der Waals surface area contributed by atoms with Crippen LogP contribution in [0.25, 0.3) is 0 Å². The smallest absolute Gasteiger partial charge is 0.290 e. The summed E-state index contributed by atoms with van der Waals surface area (Å²) in [5.41, 5.74) is 0.947. The molecule has 1 fully saturated rings. The molecule has 1 amide bonds. The summed E-state index contributed by atoms with van der Waals surface area (Å²) >= 11 is 6.45. The molecule has 4 rings (SSSR count). The van der Waals surface area contributed by atoms with Gasteiger partial charge in [-0.05, 0) is 50.6 Å².